The van der Waals surface area contributed by atoms with E-state index in [0.717, 1.165) is 0 Å². The van der Waals surface area contributed by atoms with E-state index in [0.29, 0.717) is 39.5 Å². The van der Waals surface area contributed by atoms with Gasteiger partial charge in [0.1, 0.15) is 16.9 Å². The maximum Gasteiger partial charge on any atom is 0.344 e. The molecule has 6 nitrogen and oxygen atoms in total. The number of para-hydroxylation sites is 2. The van der Waals surface area contributed by atoms with Crippen molar-refractivity contribution in [2.45, 2.75) is 13.8 Å². The number of benzene rings is 2. The molecule has 0 atom stereocenters. The first-order chi connectivity index (χ1) is 13.5. The molecule has 0 bridgehead atoms. The van der Waals surface area contributed by atoms with Crippen LogP contribution in [0.1, 0.15) is 24.2 Å². The summed E-state index contributed by atoms with van der Waals surface area (Å²) in [4.78, 5) is 22.2. The molecule has 0 aliphatic heterocycles. The summed E-state index contributed by atoms with van der Waals surface area (Å²) < 4.78 is 7.12. The van der Waals surface area contributed by atoms with Crippen LogP contribution in [0.3, 0.4) is 0 Å². The molecular weight excluding hydrogens is 376 g/mol. The highest BCUT2D eigenvalue weighted by Crippen LogP contribution is 2.32. The standard InChI is InChI=1S/C21H19ClN4O2/c1-12(2)11-28-21(27)17-18-20(25-16-9-4-3-8-15(16)24-18)26(19(17)23)14-7-5-6-13(22)10-14/h3-10,12H,11,23H2,1-2H3. The second-order valence-electron chi connectivity index (χ2n) is 6.95. The Hall–Kier alpha value is -3.12. The van der Waals surface area contributed by atoms with Gasteiger partial charge in [-0.1, -0.05) is 43.6 Å². The van der Waals surface area contributed by atoms with Gasteiger partial charge in [0.15, 0.2) is 5.65 Å². The lowest BCUT2D eigenvalue weighted by Crippen LogP contribution is -2.12. The van der Waals surface area contributed by atoms with Gasteiger partial charge >= 0.3 is 5.97 Å². The molecule has 0 saturated carbocycles. The van der Waals surface area contributed by atoms with Crippen molar-refractivity contribution in [3.05, 3.63) is 59.1 Å². The molecule has 0 aliphatic carbocycles. The van der Waals surface area contributed by atoms with Crippen LogP contribution >= 0.6 is 11.6 Å². The molecule has 0 amide bonds. The van der Waals surface area contributed by atoms with Gasteiger partial charge in [0, 0.05) is 5.02 Å². The quantitative estimate of drug-likeness (QED) is 0.510. The summed E-state index contributed by atoms with van der Waals surface area (Å²) >= 11 is 6.17. The Labute approximate surface area is 166 Å². The Bertz CT molecular complexity index is 1200. The first-order valence-corrected chi connectivity index (χ1v) is 9.33. The van der Waals surface area contributed by atoms with E-state index in [2.05, 4.69) is 4.98 Å². The molecule has 0 fully saturated rings. The number of rotatable bonds is 4. The number of anilines is 1. The van der Waals surface area contributed by atoms with Gasteiger partial charge in [0.05, 0.1) is 23.3 Å². The van der Waals surface area contributed by atoms with Crippen LogP contribution < -0.4 is 5.73 Å². The average Bonchev–Trinajstić information content (AvgIpc) is 2.95. The second kappa shape index (κ2) is 7.13. The summed E-state index contributed by atoms with van der Waals surface area (Å²) in [6, 6.07) is 14.7. The van der Waals surface area contributed by atoms with E-state index in [4.69, 9.17) is 27.1 Å². The van der Waals surface area contributed by atoms with E-state index in [-0.39, 0.29) is 17.3 Å². The van der Waals surface area contributed by atoms with Crippen LogP contribution in [0.2, 0.25) is 5.02 Å². The maximum absolute atomic E-state index is 12.8. The van der Waals surface area contributed by atoms with Gasteiger partial charge < -0.3 is 10.5 Å². The van der Waals surface area contributed by atoms with Crippen molar-refractivity contribution in [1.29, 1.82) is 0 Å². The van der Waals surface area contributed by atoms with Gasteiger partial charge in [-0.25, -0.2) is 14.8 Å². The summed E-state index contributed by atoms with van der Waals surface area (Å²) in [6.07, 6.45) is 0. The van der Waals surface area contributed by atoms with Crippen LogP contribution in [0.5, 0.6) is 0 Å². The van der Waals surface area contributed by atoms with E-state index in [1.54, 1.807) is 16.7 Å². The molecule has 2 heterocycles. The molecule has 28 heavy (non-hydrogen) atoms. The number of carbonyl (C=O) groups excluding carboxylic acids is 1. The van der Waals surface area contributed by atoms with Gasteiger partial charge in [0.25, 0.3) is 0 Å². The van der Waals surface area contributed by atoms with Crippen molar-refractivity contribution in [3.8, 4) is 5.69 Å². The lowest BCUT2D eigenvalue weighted by atomic mass is 10.2. The summed E-state index contributed by atoms with van der Waals surface area (Å²) in [5, 5.41) is 0.552. The number of aromatic nitrogens is 3. The number of ether oxygens (including phenoxy) is 1. The van der Waals surface area contributed by atoms with Crippen LogP contribution in [0, 0.1) is 5.92 Å². The lowest BCUT2D eigenvalue weighted by Gasteiger charge is -2.09. The predicted molar refractivity (Wildman–Crippen MR) is 111 cm³/mol. The first-order valence-electron chi connectivity index (χ1n) is 8.95. The van der Waals surface area contributed by atoms with Gasteiger partial charge in [-0.2, -0.15) is 0 Å². The number of hydrogen-bond acceptors (Lipinski definition) is 5. The highest BCUT2D eigenvalue weighted by Gasteiger charge is 2.26. The van der Waals surface area contributed by atoms with Gasteiger partial charge in [-0.15, -0.1) is 0 Å². The number of esters is 1. The fraction of sp³-hybridized carbons (Fsp3) is 0.190. The lowest BCUT2D eigenvalue weighted by molar-refractivity contribution is 0.0462. The van der Waals surface area contributed by atoms with Crippen molar-refractivity contribution < 1.29 is 9.53 Å². The smallest absolute Gasteiger partial charge is 0.344 e. The predicted octanol–water partition coefficient (Wildman–Crippen LogP) is 4.62. The number of nitrogens with zero attached hydrogens (tertiary/aromatic N) is 3. The Morgan fingerprint density at radius 3 is 2.54 bits per heavy atom. The molecule has 142 valence electrons. The Balaban J connectivity index is 2.01. The number of hydrogen-bond donors (Lipinski definition) is 1. The van der Waals surface area contributed by atoms with Crippen LogP contribution in [-0.4, -0.2) is 27.1 Å². The highest BCUT2D eigenvalue weighted by atomic mass is 35.5. The molecule has 4 rings (SSSR count). The molecule has 7 heteroatoms. The summed E-state index contributed by atoms with van der Waals surface area (Å²) in [5.74, 6) is -0.0822. The number of nitrogens with two attached hydrogens (primary N) is 1. The third kappa shape index (κ3) is 3.16. The largest absolute Gasteiger partial charge is 0.462 e. The molecular formula is C21H19ClN4O2. The van der Waals surface area contributed by atoms with E-state index in [9.17, 15) is 4.79 Å². The van der Waals surface area contributed by atoms with Crippen molar-refractivity contribution in [1.82, 2.24) is 14.5 Å². The molecule has 0 spiro atoms. The highest BCUT2D eigenvalue weighted by molar-refractivity contribution is 6.30. The normalized spacial score (nSPS) is 11.4. The average molecular weight is 395 g/mol. The van der Waals surface area contributed by atoms with Gasteiger partial charge in [-0.3, -0.25) is 4.57 Å². The zero-order valence-electron chi connectivity index (χ0n) is 15.5. The summed E-state index contributed by atoms with van der Waals surface area (Å²) in [5.41, 5.74) is 9.59. The Morgan fingerprint density at radius 2 is 1.86 bits per heavy atom. The van der Waals surface area contributed by atoms with E-state index in [1.165, 1.54) is 0 Å². The molecule has 0 unspecified atom stereocenters. The van der Waals surface area contributed by atoms with Crippen molar-refractivity contribution in [2.75, 3.05) is 12.3 Å². The Morgan fingerprint density at radius 1 is 1.14 bits per heavy atom. The molecule has 2 aromatic heterocycles. The number of nitrogen functional groups attached to an aromatic ring is 1. The molecule has 2 N–H and O–H groups in total. The fourth-order valence-electron chi connectivity index (χ4n) is 3.05. The van der Waals surface area contributed by atoms with Crippen LogP contribution in [0.15, 0.2) is 48.5 Å². The summed E-state index contributed by atoms with van der Waals surface area (Å²) in [6.45, 7) is 4.24. The van der Waals surface area contributed by atoms with E-state index < -0.39 is 5.97 Å². The monoisotopic (exact) mass is 394 g/mol. The number of halogens is 1. The van der Waals surface area contributed by atoms with Crippen LogP contribution in [0.4, 0.5) is 5.82 Å². The van der Waals surface area contributed by atoms with Gasteiger partial charge in [0.2, 0.25) is 0 Å². The molecule has 2 aromatic carbocycles. The van der Waals surface area contributed by atoms with Crippen LogP contribution in [0.25, 0.3) is 27.9 Å². The second-order valence-corrected chi connectivity index (χ2v) is 7.39. The number of fused-ring (bicyclic) bond motifs is 2. The molecule has 0 saturated heterocycles. The van der Waals surface area contributed by atoms with Crippen molar-refractivity contribution in [2.24, 2.45) is 5.92 Å². The molecule has 0 radical (unpaired) electrons. The fourth-order valence-corrected chi connectivity index (χ4v) is 3.24. The zero-order valence-corrected chi connectivity index (χ0v) is 16.3. The third-order valence-corrected chi connectivity index (χ3v) is 4.55. The Kier molecular flexibility index (Phi) is 4.65. The molecule has 0 aliphatic rings. The van der Waals surface area contributed by atoms with E-state index >= 15 is 0 Å². The minimum Gasteiger partial charge on any atom is -0.462 e. The third-order valence-electron chi connectivity index (χ3n) is 4.32. The number of carbonyl (C=O) groups is 1. The minimum absolute atomic E-state index is 0.207. The van der Waals surface area contributed by atoms with Crippen molar-refractivity contribution in [3.63, 3.8) is 0 Å². The topological polar surface area (TPSA) is 83.0 Å². The maximum atomic E-state index is 12.8. The minimum atomic E-state index is -0.512. The summed E-state index contributed by atoms with van der Waals surface area (Å²) in [7, 11) is 0. The van der Waals surface area contributed by atoms with Crippen LogP contribution in [-0.2, 0) is 4.74 Å². The first kappa shape index (κ1) is 18.3. The van der Waals surface area contributed by atoms with Crippen molar-refractivity contribution >= 4 is 45.6 Å². The van der Waals surface area contributed by atoms with Gasteiger partial charge in [-0.05, 0) is 36.2 Å². The molecule has 4 aromatic rings. The SMILES string of the molecule is CC(C)COC(=O)c1c(N)n(-c2cccc(Cl)c2)c2nc3ccccc3nc12. The van der Waals surface area contributed by atoms with E-state index in [1.807, 2.05) is 50.2 Å². The zero-order chi connectivity index (χ0) is 19.8.